The van der Waals surface area contributed by atoms with Crippen molar-refractivity contribution in [1.82, 2.24) is 0 Å². The van der Waals surface area contributed by atoms with Crippen LogP contribution in [0, 0.1) is 5.92 Å². The average molecular weight is 232 g/mol. The lowest BCUT2D eigenvalue weighted by molar-refractivity contribution is 0.457. The summed E-state index contributed by atoms with van der Waals surface area (Å²) in [5.41, 5.74) is 7.08. The van der Waals surface area contributed by atoms with Gasteiger partial charge >= 0.3 is 0 Å². The zero-order valence-corrected chi connectivity index (χ0v) is 9.94. The molecule has 0 spiro atoms. The Hall–Kier alpha value is -0.240. The average Bonchev–Trinajstić information content (AvgIpc) is 2.14. The summed E-state index contributed by atoms with van der Waals surface area (Å²) < 4.78 is 0. The van der Waals surface area contributed by atoms with Gasteiger partial charge < -0.3 is 5.73 Å². The van der Waals surface area contributed by atoms with E-state index in [1.807, 2.05) is 12.1 Å². The van der Waals surface area contributed by atoms with Crippen LogP contribution in [-0.2, 0) is 0 Å². The lowest BCUT2D eigenvalue weighted by atomic mass is 9.93. The Kier molecular flexibility index (Phi) is 4.24. The smallest absolute Gasteiger partial charge is 0.0424 e. The van der Waals surface area contributed by atoms with E-state index >= 15 is 0 Å². The van der Waals surface area contributed by atoms with Crippen molar-refractivity contribution in [2.75, 3.05) is 0 Å². The van der Waals surface area contributed by atoms with Crippen LogP contribution in [0.3, 0.4) is 0 Å². The number of rotatable bonds is 3. The first kappa shape index (κ1) is 11.8. The Morgan fingerprint density at radius 2 is 1.71 bits per heavy atom. The van der Waals surface area contributed by atoms with Gasteiger partial charge in [-0.15, -0.1) is 0 Å². The number of halogens is 2. The van der Waals surface area contributed by atoms with E-state index < -0.39 is 0 Å². The minimum atomic E-state index is 0.0104. The summed E-state index contributed by atoms with van der Waals surface area (Å²) in [6, 6.07) is 5.49. The lowest BCUT2D eigenvalue weighted by Crippen LogP contribution is -2.18. The minimum Gasteiger partial charge on any atom is -0.324 e. The van der Waals surface area contributed by atoms with Crippen LogP contribution in [0.15, 0.2) is 18.2 Å². The van der Waals surface area contributed by atoms with Crippen molar-refractivity contribution in [2.45, 2.75) is 26.3 Å². The predicted octanol–water partition coefficient (Wildman–Crippen LogP) is 4.04. The van der Waals surface area contributed by atoms with E-state index in [0.717, 1.165) is 12.0 Å². The molecule has 2 atom stereocenters. The van der Waals surface area contributed by atoms with E-state index in [1.54, 1.807) is 6.07 Å². The van der Waals surface area contributed by atoms with Crippen LogP contribution >= 0.6 is 23.2 Å². The molecule has 2 N–H and O–H groups in total. The molecule has 0 fully saturated rings. The molecule has 78 valence electrons. The zero-order valence-electron chi connectivity index (χ0n) is 8.43. The Morgan fingerprint density at radius 1 is 1.21 bits per heavy atom. The molecule has 0 radical (unpaired) electrons. The van der Waals surface area contributed by atoms with Gasteiger partial charge in [-0.1, -0.05) is 43.5 Å². The molecule has 0 aliphatic rings. The second-order valence-electron chi connectivity index (χ2n) is 3.61. The molecule has 0 saturated carbocycles. The predicted molar refractivity (Wildman–Crippen MR) is 62.8 cm³/mol. The van der Waals surface area contributed by atoms with Gasteiger partial charge in [-0.3, -0.25) is 0 Å². The molecule has 0 aromatic heterocycles. The van der Waals surface area contributed by atoms with Gasteiger partial charge in [0.1, 0.15) is 0 Å². The maximum Gasteiger partial charge on any atom is 0.0424 e. The van der Waals surface area contributed by atoms with Gasteiger partial charge in [0.15, 0.2) is 0 Å². The number of hydrogen-bond donors (Lipinski definition) is 1. The van der Waals surface area contributed by atoms with Gasteiger partial charge in [0.05, 0.1) is 0 Å². The largest absolute Gasteiger partial charge is 0.324 e. The molecule has 3 heteroatoms. The maximum absolute atomic E-state index is 6.07. The van der Waals surface area contributed by atoms with E-state index in [1.165, 1.54) is 0 Å². The Balaban J connectivity index is 2.94. The highest BCUT2D eigenvalue weighted by Crippen LogP contribution is 2.27. The standard InChI is InChI=1S/C11H15Cl2N/c1-3-7(2)11(14)8-4-9(12)6-10(13)5-8/h4-7,11H,3,14H2,1-2H3/t7?,11-/m1/s1. The van der Waals surface area contributed by atoms with Gasteiger partial charge in [-0.05, 0) is 29.7 Å². The molecule has 14 heavy (non-hydrogen) atoms. The Morgan fingerprint density at radius 3 is 2.14 bits per heavy atom. The van der Waals surface area contributed by atoms with Gasteiger partial charge in [0.2, 0.25) is 0 Å². The normalized spacial score (nSPS) is 15.2. The second kappa shape index (κ2) is 5.01. The second-order valence-corrected chi connectivity index (χ2v) is 4.49. The highest BCUT2D eigenvalue weighted by atomic mass is 35.5. The van der Waals surface area contributed by atoms with Crippen molar-refractivity contribution in [3.8, 4) is 0 Å². The van der Waals surface area contributed by atoms with Crippen LogP contribution in [0.1, 0.15) is 31.9 Å². The molecule has 0 aliphatic heterocycles. The summed E-state index contributed by atoms with van der Waals surface area (Å²) in [6.07, 6.45) is 1.05. The van der Waals surface area contributed by atoms with Crippen LogP contribution in [0.2, 0.25) is 10.0 Å². The third-order valence-electron chi connectivity index (χ3n) is 2.53. The highest BCUT2D eigenvalue weighted by molar-refractivity contribution is 6.34. The summed E-state index contributed by atoms with van der Waals surface area (Å²) in [5.74, 6) is 0.435. The summed E-state index contributed by atoms with van der Waals surface area (Å²) in [7, 11) is 0. The van der Waals surface area contributed by atoms with Crippen LogP contribution in [0.5, 0.6) is 0 Å². The third-order valence-corrected chi connectivity index (χ3v) is 2.96. The molecule has 1 rings (SSSR count). The molecule has 1 aromatic rings. The van der Waals surface area contributed by atoms with E-state index in [2.05, 4.69) is 13.8 Å². The summed E-state index contributed by atoms with van der Waals surface area (Å²) in [4.78, 5) is 0. The van der Waals surface area contributed by atoms with Crippen LogP contribution in [0.25, 0.3) is 0 Å². The Bertz CT molecular complexity index is 292. The molecule has 1 aromatic carbocycles. The quantitative estimate of drug-likeness (QED) is 0.836. The summed E-state index contributed by atoms with van der Waals surface area (Å²) in [5, 5.41) is 1.29. The summed E-state index contributed by atoms with van der Waals surface area (Å²) >= 11 is 11.8. The first-order valence-electron chi connectivity index (χ1n) is 4.76. The SMILES string of the molecule is CCC(C)[C@@H](N)c1cc(Cl)cc(Cl)c1. The van der Waals surface area contributed by atoms with Gasteiger partial charge in [0, 0.05) is 16.1 Å². The summed E-state index contributed by atoms with van der Waals surface area (Å²) in [6.45, 7) is 4.25. The molecule has 0 saturated heterocycles. The van der Waals surface area contributed by atoms with Crippen molar-refractivity contribution < 1.29 is 0 Å². The zero-order chi connectivity index (χ0) is 10.7. The highest BCUT2D eigenvalue weighted by Gasteiger charge is 2.13. The van der Waals surface area contributed by atoms with Gasteiger partial charge in [-0.2, -0.15) is 0 Å². The molecular weight excluding hydrogens is 217 g/mol. The van der Waals surface area contributed by atoms with Crippen molar-refractivity contribution in [3.63, 3.8) is 0 Å². The molecule has 0 heterocycles. The van der Waals surface area contributed by atoms with E-state index in [9.17, 15) is 0 Å². The number of nitrogens with two attached hydrogens (primary N) is 1. The van der Waals surface area contributed by atoms with Crippen molar-refractivity contribution in [2.24, 2.45) is 11.7 Å². The first-order valence-corrected chi connectivity index (χ1v) is 5.51. The third kappa shape index (κ3) is 2.88. The molecule has 0 amide bonds. The molecule has 1 unspecified atom stereocenters. The van der Waals surface area contributed by atoms with Crippen LogP contribution in [-0.4, -0.2) is 0 Å². The van der Waals surface area contributed by atoms with E-state index in [4.69, 9.17) is 28.9 Å². The van der Waals surface area contributed by atoms with Crippen LogP contribution < -0.4 is 5.73 Å². The fourth-order valence-corrected chi connectivity index (χ4v) is 1.89. The van der Waals surface area contributed by atoms with E-state index in [-0.39, 0.29) is 6.04 Å². The maximum atomic E-state index is 6.07. The molecule has 1 nitrogen and oxygen atoms in total. The molecular formula is C11H15Cl2N. The minimum absolute atomic E-state index is 0.0104. The van der Waals surface area contributed by atoms with Gasteiger partial charge in [-0.25, -0.2) is 0 Å². The number of hydrogen-bond acceptors (Lipinski definition) is 1. The van der Waals surface area contributed by atoms with Crippen molar-refractivity contribution in [1.29, 1.82) is 0 Å². The first-order chi connectivity index (χ1) is 6.54. The van der Waals surface area contributed by atoms with Gasteiger partial charge in [0.25, 0.3) is 0 Å². The fraction of sp³-hybridized carbons (Fsp3) is 0.455. The lowest BCUT2D eigenvalue weighted by Gasteiger charge is -2.19. The van der Waals surface area contributed by atoms with Crippen molar-refractivity contribution in [3.05, 3.63) is 33.8 Å². The monoisotopic (exact) mass is 231 g/mol. The topological polar surface area (TPSA) is 26.0 Å². The van der Waals surface area contributed by atoms with Crippen LogP contribution in [0.4, 0.5) is 0 Å². The van der Waals surface area contributed by atoms with Crippen molar-refractivity contribution >= 4 is 23.2 Å². The van der Waals surface area contributed by atoms with E-state index in [0.29, 0.717) is 16.0 Å². The Labute approximate surface area is 95.2 Å². The fourth-order valence-electron chi connectivity index (χ4n) is 1.35. The number of benzene rings is 1. The molecule has 0 aliphatic carbocycles. The molecule has 0 bridgehead atoms.